The normalized spacial score (nSPS) is 19.8. The average Bonchev–Trinajstić information content (AvgIpc) is 2.54. The van der Waals surface area contributed by atoms with Crippen LogP contribution >= 0.6 is 0 Å². The topological polar surface area (TPSA) is 122 Å². The molecule has 0 atom stereocenters. The molecule has 0 bridgehead atoms. The van der Waals surface area contributed by atoms with Crippen molar-refractivity contribution in [3.05, 3.63) is 18.2 Å². The summed E-state index contributed by atoms with van der Waals surface area (Å²) in [5.41, 5.74) is 0.267. The molecule has 1 aliphatic heterocycles. The third-order valence-electron chi connectivity index (χ3n) is 4.45. The van der Waals surface area contributed by atoms with E-state index in [1.165, 1.54) is 19.1 Å². The molecule has 1 amide bonds. The van der Waals surface area contributed by atoms with Crippen molar-refractivity contribution in [3.63, 3.8) is 0 Å². The lowest BCUT2D eigenvalue weighted by Gasteiger charge is -2.22. The number of nitrogens with zero attached hydrogens (tertiary/aromatic N) is 1. The molecule has 1 aromatic carbocycles. The number of benzene rings is 1. The predicted octanol–water partition coefficient (Wildman–Crippen LogP) is 1.44. The highest BCUT2D eigenvalue weighted by molar-refractivity contribution is 7.92. The summed E-state index contributed by atoms with van der Waals surface area (Å²) < 4.78 is 52.9. The molecule has 1 heterocycles. The van der Waals surface area contributed by atoms with Crippen molar-refractivity contribution in [1.29, 1.82) is 0 Å². The number of fused-ring (bicyclic) bond motifs is 1. The second-order valence-electron chi connectivity index (χ2n) is 6.60. The molecule has 2 aliphatic rings. The van der Waals surface area contributed by atoms with Crippen molar-refractivity contribution in [2.24, 2.45) is 4.40 Å². The molecule has 1 saturated carbocycles. The van der Waals surface area contributed by atoms with E-state index >= 15 is 0 Å². The van der Waals surface area contributed by atoms with Gasteiger partial charge in [0.1, 0.15) is 16.5 Å². The minimum Gasteiger partial charge on any atom is -0.352 e. The van der Waals surface area contributed by atoms with Gasteiger partial charge in [-0.15, -0.1) is 4.40 Å². The van der Waals surface area contributed by atoms with E-state index in [9.17, 15) is 21.6 Å². The molecule has 10 heteroatoms. The number of amides is 1. The zero-order valence-corrected chi connectivity index (χ0v) is 16.0. The van der Waals surface area contributed by atoms with Crippen LogP contribution in [0.1, 0.15) is 39.0 Å². The first kappa shape index (κ1) is 18.8. The number of carbonyl (C=O) groups excluding carboxylic acids is 1. The second kappa shape index (κ2) is 6.99. The van der Waals surface area contributed by atoms with E-state index in [1.807, 2.05) is 0 Å². The van der Waals surface area contributed by atoms with Crippen LogP contribution in [0.15, 0.2) is 32.4 Å². The Morgan fingerprint density at radius 1 is 1.27 bits per heavy atom. The quantitative estimate of drug-likeness (QED) is 0.790. The third-order valence-corrected chi connectivity index (χ3v) is 7.48. The average molecular weight is 399 g/mol. The van der Waals surface area contributed by atoms with Crippen LogP contribution in [0.2, 0.25) is 0 Å². The van der Waals surface area contributed by atoms with Crippen LogP contribution in [0.4, 0.5) is 5.69 Å². The van der Waals surface area contributed by atoms with E-state index in [0.717, 1.165) is 38.2 Å². The Morgan fingerprint density at radius 3 is 2.65 bits per heavy atom. The van der Waals surface area contributed by atoms with Crippen molar-refractivity contribution in [1.82, 2.24) is 5.32 Å². The van der Waals surface area contributed by atoms with Gasteiger partial charge in [0.25, 0.3) is 10.0 Å². The van der Waals surface area contributed by atoms with Gasteiger partial charge in [0.15, 0.2) is 9.84 Å². The largest absolute Gasteiger partial charge is 0.352 e. The van der Waals surface area contributed by atoms with E-state index in [-0.39, 0.29) is 27.4 Å². The van der Waals surface area contributed by atoms with Crippen LogP contribution in [0, 0.1) is 0 Å². The van der Waals surface area contributed by atoms with Gasteiger partial charge in [0.05, 0.1) is 10.6 Å². The standard InChI is InChI=1S/C16H21N3O5S2/c1-11-17-14-8-7-13(9-15(14)26(23,24)19-11)25(21,22)10-16(20)18-12-5-3-2-4-6-12/h7-9,12H,2-6,10H2,1H3,(H,17,19)(H,18,20). The first-order valence-electron chi connectivity index (χ1n) is 8.42. The summed E-state index contributed by atoms with van der Waals surface area (Å²) in [5, 5.41) is 5.54. The van der Waals surface area contributed by atoms with Gasteiger partial charge in [0, 0.05) is 6.04 Å². The molecule has 142 valence electrons. The number of hydrogen-bond acceptors (Lipinski definition) is 6. The molecule has 3 rings (SSSR count). The van der Waals surface area contributed by atoms with E-state index in [1.54, 1.807) is 0 Å². The maximum atomic E-state index is 12.5. The van der Waals surface area contributed by atoms with Crippen molar-refractivity contribution >= 4 is 37.3 Å². The van der Waals surface area contributed by atoms with Gasteiger partial charge in [-0.25, -0.2) is 8.42 Å². The second-order valence-corrected chi connectivity index (χ2v) is 10.2. The van der Waals surface area contributed by atoms with Crippen molar-refractivity contribution in [2.45, 2.75) is 54.9 Å². The predicted molar refractivity (Wildman–Crippen MR) is 97.4 cm³/mol. The van der Waals surface area contributed by atoms with Crippen molar-refractivity contribution in [2.75, 3.05) is 11.1 Å². The van der Waals surface area contributed by atoms with E-state index in [4.69, 9.17) is 0 Å². The summed E-state index contributed by atoms with van der Waals surface area (Å²) in [7, 11) is -7.92. The fourth-order valence-corrected chi connectivity index (χ4v) is 5.65. The number of nitrogens with one attached hydrogen (secondary N) is 2. The molecule has 26 heavy (non-hydrogen) atoms. The number of sulfone groups is 1. The highest BCUT2D eigenvalue weighted by atomic mass is 32.2. The number of sulfonamides is 1. The van der Waals surface area contributed by atoms with Gasteiger partial charge >= 0.3 is 0 Å². The SMILES string of the molecule is CC1=NS(=O)(=O)c2cc(S(=O)(=O)CC(=O)NC3CCCCC3)ccc2N1. The van der Waals surface area contributed by atoms with E-state index in [0.29, 0.717) is 0 Å². The van der Waals surface area contributed by atoms with Crippen LogP contribution in [0.5, 0.6) is 0 Å². The molecule has 8 nitrogen and oxygen atoms in total. The molecule has 0 spiro atoms. The summed E-state index contributed by atoms with van der Waals surface area (Å²) in [6.07, 6.45) is 4.88. The Morgan fingerprint density at radius 2 is 1.96 bits per heavy atom. The Bertz CT molecular complexity index is 962. The highest BCUT2D eigenvalue weighted by Gasteiger charge is 2.28. The molecular weight excluding hydrogens is 378 g/mol. The monoisotopic (exact) mass is 399 g/mol. The van der Waals surface area contributed by atoms with Gasteiger partial charge in [-0.05, 0) is 38.0 Å². The lowest BCUT2D eigenvalue weighted by molar-refractivity contribution is -0.119. The van der Waals surface area contributed by atoms with Crippen LogP contribution in [0.3, 0.4) is 0 Å². The van der Waals surface area contributed by atoms with Crippen LogP contribution in [0.25, 0.3) is 0 Å². The summed E-state index contributed by atoms with van der Waals surface area (Å²) >= 11 is 0. The maximum Gasteiger partial charge on any atom is 0.286 e. The van der Waals surface area contributed by atoms with Gasteiger partial charge < -0.3 is 10.6 Å². The lowest BCUT2D eigenvalue weighted by Crippen LogP contribution is -2.39. The van der Waals surface area contributed by atoms with Crippen molar-refractivity contribution in [3.8, 4) is 0 Å². The maximum absolute atomic E-state index is 12.5. The number of carbonyl (C=O) groups is 1. The third kappa shape index (κ3) is 4.07. The Labute approximate surface area is 153 Å². The molecule has 1 aromatic rings. The molecule has 1 fully saturated rings. The zero-order chi connectivity index (χ0) is 18.9. The first-order chi connectivity index (χ1) is 12.2. The molecule has 0 aromatic heterocycles. The summed E-state index contributed by atoms with van der Waals surface area (Å²) in [6, 6.07) is 3.73. The summed E-state index contributed by atoms with van der Waals surface area (Å²) in [4.78, 5) is 11.7. The van der Waals surface area contributed by atoms with Gasteiger partial charge in [0.2, 0.25) is 5.91 Å². The lowest BCUT2D eigenvalue weighted by atomic mass is 9.95. The number of anilines is 1. The van der Waals surface area contributed by atoms with Gasteiger partial charge in [-0.2, -0.15) is 8.42 Å². The molecule has 2 N–H and O–H groups in total. The smallest absolute Gasteiger partial charge is 0.286 e. The summed E-state index contributed by atoms with van der Waals surface area (Å²) in [6.45, 7) is 1.50. The minimum atomic E-state index is -3.96. The van der Waals surface area contributed by atoms with Gasteiger partial charge in [-0.3, -0.25) is 4.79 Å². The summed E-state index contributed by atoms with van der Waals surface area (Å²) in [5.74, 6) is -1.07. The highest BCUT2D eigenvalue weighted by Crippen LogP contribution is 2.30. The van der Waals surface area contributed by atoms with Crippen molar-refractivity contribution < 1.29 is 21.6 Å². The molecule has 0 radical (unpaired) electrons. The number of hydrogen-bond donors (Lipinski definition) is 2. The first-order valence-corrected chi connectivity index (χ1v) is 11.5. The Hall–Kier alpha value is -1.94. The molecule has 0 saturated heterocycles. The Balaban J connectivity index is 1.79. The van der Waals surface area contributed by atoms with Crippen LogP contribution in [-0.4, -0.2) is 40.4 Å². The minimum absolute atomic E-state index is 0.0110. The van der Waals surface area contributed by atoms with Crippen LogP contribution in [-0.2, 0) is 24.7 Å². The molecular formula is C16H21N3O5S2. The fraction of sp³-hybridized carbons (Fsp3) is 0.500. The van der Waals surface area contributed by atoms with Gasteiger partial charge in [-0.1, -0.05) is 19.3 Å². The Kier molecular flexibility index (Phi) is 5.07. The molecule has 1 aliphatic carbocycles. The fourth-order valence-electron chi connectivity index (χ4n) is 3.23. The zero-order valence-electron chi connectivity index (χ0n) is 14.4. The number of rotatable bonds is 4. The van der Waals surface area contributed by atoms with E-state index in [2.05, 4.69) is 15.0 Å². The van der Waals surface area contributed by atoms with E-state index < -0.39 is 31.5 Å². The molecule has 0 unspecified atom stereocenters. The van der Waals surface area contributed by atoms with Crippen LogP contribution < -0.4 is 10.6 Å². The number of amidine groups is 1.